The van der Waals surface area contributed by atoms with Crippen molar-refractivity contribution < 1.29 is 22.4 Å². The normalized spacial score (nSPS) is 34.7. The van der Waals surface area contributed by atoms with Crippen LogP contribution < -0.4 is 5.32 Å². The average Bonchev–Trinajstić information content (AvgIpc) is 2.26. The number of ether oxygens (including phenoxy) is 1. The molecule has 1 heterocycles. The van der Waals surface area contributed by atoms with Gasteiger partial charge in [0.15, 0.2) is 0 Å². The van der Waals surface area contributed by atoms with E-state index in [1.807, 2.05) is 0 Å². The summed E-state index contributed by atoms with van der Waals surface area (Å²) in [6.45, 7) is -2.87. The van der Waals surface area contributed by atoms with Crippen molar-refractivity contribution in [3.8, 4) is 0 Å². The number of piperidine rings is 1. The second-order valence-electron chi connectivity index (χ2n) is 3.37. The highest BCUT2D eigenvalue weighted by atomic mass is 35.5. The first-order valence-corrected chi connectivity index (χ1v) is 4.34. The molecular weight excluding hydrogens is 228 g/mol. The lowest BCUT2D eigenvalue weighted by molar-refractivity contribution is -0.161. The van der Waals surface area contributed by atoms with Crippen molar-refractivity contribution in [2.24, 2.45) is 11.3 Å². The summed E-state index contributed by atoms with van der Waals surface area (Å²) in [5.41, 5.74) is -2.16. The minimum Gasteiger partial charge on any atom is -0.469 e. The van der Waals surface area contributed by atoms with Gasteiger partial charge in [0.2, 0.25) is 6.43 Å². The van der Waals surface area contributed by atoms with Gasteiger partial charge >= 0.3 is 5.97 Å². The third kappa shape index (κ3) is 2.78. The molecule has 0 radical (unpaired) electrons. The summed E-state index contributed by atoms with van der Waals surface area (Å²) in [5, 5.41) is 2.69. The molecule has 90 valence electrons. The van der Waals surface area contributed by atoms with Crippen molar-refractivity contribution >= 4 is 18.4 Å². The fourth-order valence-corrected chi connectivity index (χ4v) is 1.67. The van der Waals surface area contributed by atoms with Crippen molar-refractivity contribution in [2.45, 2.75) is 19.7 Å². The average molecular weight is 247 g/mol. The number of methoxy groups -OCH3 is 1. The predicted octanol–water partition coefficient (Wildman–Crippen LogP) is 1.46. The molecule has 1 aliphatic heterocycles. The first kappa shape index (κ1) is 9.78. The Morgan fingerprint density at radius 3 is 2.87 bits per heavy atom. The van der Waals surface area contributed by atoms with Gasteiger partial charge in [-0.15, -0.1) is 12.4 Å². The molecule has 0 aromatic heterocycles. The van der Waals surface area contributed by atoms with E-state index in [2.05, 4.69) is 10.1 Å². The van der Waals surface area contributed by atoms with E-state index < -0.39 is 30.6 Å². The molecule has 3 nitrogen and oxygen atoms in total. The van der Waals surface area contributed by atoms with Crippen LogP contribution in [0.5, 0.6) is 0 Å². The molecule has 0 bridgehead atoms. The van der Waals surface area contributed by atoms with Gasteiger partial charge in [-0.25, -0.2) is 8.78 Å². The zero-order valence-electron chi connectivity index (χ0n) is 11.3. The van der Waals surface area contributed by atoms with Crippen molar-refractivity contribution in [1.29, 1.82) is 0 Å². The fourth-order valence-electron chi connectivity index (χ4n) is 1.67. The first-order chi connectivity index (χ1) is 7.77. The molecule has 1 N–H and O–H groups in total. The number of rotatable bonds is 2. The van der Waals surface area contributed by atoms with E-state index in [0.717, 1.165) is 7.11 Å². The number of hydrogen-bond donors (Lipinski definition) is 1. The number of carbonyl (C=O) groups is 1. The van der Waals surface area contributed by atoms with Crippen LogP contribution in [0, 0.1) is 11.3 Å². The van der Waals surface area contributed by atoms with Crippen LogP contribution in [0.2, 0.25) is 0 Å². The Kier molecular flexibility index (Phi) is 3.66. The van der Waals surface area contributed by atoms with Crippen molar-refractivity contribution in [3.05, 3.63) is 0 Å². The topological polar surface area (TPSA) is 38.3 Å². The summed E-state index contributed by atoms with van der Waals surface area (Å²) in [7, 11) is 1.01. The Morgan fingerprint density at radius 2 is 2.40 bits per heavy atom. The van der Waals surface area contributed by atoms with Crippen LogP contribution in [0.4, 0.5) is 8.78 Å². The van der Waals surface area contributed by atoms with Gasteiger partial charge in [-0.05, 0) is 19.8 Å². The Balaban J connectivity index is 0.00000289. The van der Waals surface area contributed by atoms with Gasteiger partial charge in [0.25, 0.3) is 0 Å². The van der Waals surface area contributed by atoms with Crippen LogP contribution in [0.3, 0.4) is 0 Å². The zero-order chi connectivity index (χ0) is 13.3. The van der Waals surface area contributed by atoms with E-state index in [0.29, 0.717) is 0 Å². The van der Waals surface area contributed by atoms with Gasteiger partial charge in [0.1, 0.15) is 0 Å². The lowest BCUT2D eigenvalue weighted by Gasteiger charge is -2.38. The van der Waals surface area contributed by atoms with Crippen LogP contribution in [-0.4, -0.2) is 32.6 Å². The number of alkyl halides is 2. The SMILES string of the molecule is Cl.[2H]C([2H])([2H])[C@@]1(C(=O)OC)CNCC[C@@H]1C(F)F. The fraction of sp³-hybridized carbons (Fsp3) is 0.889. The van der Waals surface area contributed by atoms with Gasteiger partial charge < -0.3 is 10.1 Å². The van der Waals surface area contributed by atoms with Gasteiger partial charge in [-0.3, -0.25) is 4.79 Å². The Morgan fingerprint density at radius 1 is 1.73 bits per heavy atom. The highest BCUT2D eigenvalue weighted by Gasteiger charge is 2.48. The lowest BCUT2D eigenvalue weighted by Crippen LogP contribution is -2.52. The predicted molar refractivity (Wildman–Crippen MR) is 54.4 cm³/mol. The van der Waals surface area contributed by atoms with E-state index in [1.54, 1.807) is 0 Å². The van der Waals surface area contributed by atoms with Crippen LogP contribution in [-0.2, 0) is 9.53 Å². The molecule has 0 aliphatic carbocycles. The molecule has 0 amide bonds. The first-order valence-electron chi connectivity index (χ1n) is 5.84. The Labute approximate surface area is 98.2 Å². The second kappa shape index (κ2) is 5.61. The van der Waals surface area contributed by atoms with E-state index in [4.69, 9.17) is 4.11 Å². The molecule has 15 heavy (non-hydrogen) atoms. The summed E-state index contributed by atoms with van der Waals surface area (Å²) >= 11 is 0. The quantitative estimate of drug-likeness (QED) is 0.750. The van der Waals surface area contributed by atoms with Crippen molar-refractivity contribution in [3.63, 3.8) is 0 Å². The Hall–Kier alpha value is -0.420. The van der Waals surface area contributed by atoms with Gasteiger partial charge in [-0.2, -0.15) is 0 Å². The minimum absolute atomic E-state index is 0. The number of halogens is 3. The summed E-state index contributed by atoms with van der Waals surface area (Å²) in [6, 6.07) is 0. The van der Waals surface area contributed by atoms with Crippen molar-refractivity contribution in [1.82, 2.24) is 5.32 Å². The van der Waals surface area contributed by atoms with Crippen LogP contribution in [0.25, 0.3) is 0 Å². The largest absolute Gasteiger partial charge is 0.469 e. The molecule has 2 atom stereocenters. The summed E-state index contributed by atoms with van der Waals surface area (Å²) in [6.07, 6.45) is -2.93. The molecular formula is C9H16ClF2NO2. The smallest absolute Gasteiger partial charge is 0.313 e. The molecule has 0 spiro atoms. The molecule has 1 fully saturated rings. The van der Waals surface area contributed by atoms with Gasteiger partial charge in [0.05, 0.1) is 12.5 Å². The monoisotopic (exact) mass is 246 g/mol. The maximum Gasteiger partial charge on any atom is 0.313 e. The minimum atomic E-state index is -2.86. The van der Waals surface area contributed by atoms with E-state index in [9.17, 15) is 13.6 Å². The maximum atomic E-state index is 13.0. The third-order valence-electron chi connectivity index (χ3n) is 2.52. The molecule has 1 aliphatic rings. The number of hydrogen-bond acceptors (Lipinski definition) is 3. The van der Waals surface area contributed by atoms with Gasteiger partial charge in [-0.1, -0.05) is 0 Å². The molecule has 1 saturated heterocycles. The van der Waals surface area contributed by atoms with Gasteiger partial charge in [0, 0.05) is 16.6 Å². The van der Waals surface area contributed by atoms with Crippen LogP contribution in [0.15, 0.2) is 0 Å². The second-order valence-corrected chi connectivity index (χ2v) is 3.37. The molecule has 0 aromatic rings. The lowest BCUT2D eigenvalue weighted by atomic mass is 9.73. The summed E-state index contributed by atoms with van der Waals surface area (Å²) in [4.78, 5) is 11.7. The summed E-state index contributed by atoms with van der Waals surface area (Å²) < 4.78 is 52.5. The molecule has 6 heteroatoms. The summed E-state index contributed by atoms with van der Waals surface area (Å²) in [5.74, 6) is -2.61. The van der Waals surface area contributed by atoms with E-state index in [1.165, 1.54) is 0 Å². The standard InChI is InChI=1S/C9H15F2NO2.ClH/c1-9(8(13)14-2)5-12-4-3-6(9)7(10)11;/h6-7,12H,3-5H2,1-2H3;1H/t6-,9-;/m1./s1/i1D3;. The number of nitrogens with one attached hydrogen (secondary N) is 1. The maximum absolute atomic E-state index is 13.0. The zero-order valence-corrected chi connectivity index (χ0v) is 9.07. The van der Waals surface area contributed by atoms with Crippen molar-refractivity contribution in [2.75, 3.05) is 20.2 Å². The van der Waals surface area contributed by atoms with E-state index in [-0.39, 0.29) is 31.9 Å². The molecule has 0 unspecified atom stereocenters. The van der Waals surface area contributed by atoms with Crippen LogP contribution in [0.1, 0.15) is 17.4 Å². The Bertz CT molecular complexity index is 304. The third-order valence-corrected chi connectivity index (χ3v) is 2.52. The number of esters is 1. The highest BCUT2D eigenvalue weighted by Crippen LogP contribution is 2.37. The number of carbonyl (C=O) groups excluding carboxylic acids is 1. The molecule has 0 aromatic carbocycles. The van der Waals surface area contributed by atoms with E-state index >= 15 is 0 Å². The highest BCUT2D eigenvalue weighted by molar-refractivity contribution is 5.85. The molecule has 1 rings (SSSR count). The molecule has 0 saturated carbocycles. The van der Waals surface area contributed by atoms with Crippen LogP contribution >= 0.6 is 12.4 Å².